The van der Waals surface area contributed by atoms with Crippen LogP contribution in [-0.2, 0) is 0 Å². The third-order valence-electron chi connectivity index (χ3n) is 3.25. The highest BCUT2D eigenvalue weighted by atomic mass is 16.2. The fourth-order valence-corrected chi connectivity index (χ4v) is 2.39. The van der Waals surface area contributed by atoms with Crippen LogP contribution in [0.25, 0.3) is 0 Å². The molecule has 0 spiro atoms. The summed E-state index contributed by atoms with van der Waals surface area (Å²) in [7, 11) is 0. The van der Waals surface area contributed by atoms with Crippen molar-refractivity contribution in [2.75, 3.05) is 6.61 Å². The molecule has 1 nitrogen and oxygen atoms in total. The lowest BCUT2D eigenvalue weighted by Gasteiger charge is -2.14. The zero-order chi connectivity index (χ0) is 9.36. The Morgan fingerprint density at radius 3 is 1.92 bits per heavy atom. The van der Waals surface area contributed by atoms with E-state index in [0.29, 0.717) is 6.61 Å². The molecular formula is C12H24O. The SMILES string of the molecule is OCCCC1CCCCCCCC1. The molecule has 1 aliphatic rings. The van der Waals surface area contributed by atoms with E-state index in [1.807, 2.05) is 0 Å². The summed E-state index contributed by atoms with van der Waals surface area (Å²) in [5, 5.41) is 8.78. The lowest BCUT2D eigenvalue weighted by atomic mass is 9.92. The molecule has 0 aromatic heterocycles. The van der Waals surface area contributed by atoms with Gasteiger partial charge < -0.3 is 5.11 Å². The quantitative estimate of drug-likeness (QED) is 0.711. The van der Waals surface area contributed by atoms with Crippen molar-refractivity contribution in [1.29, 1.82) is 0 Å². The average Bonchev–Trinajstić information content (AvgIpc) is 2.28. The van der Waals surface area contributed by atoms with Crippen LogP contribution in [0.2, 0.25) is 0 Å². The minimum atomic E-state index is 0.385. The highest BCUT2D eigenvalue weighted by molar-refractivity contribution is 4.63. The highest BCUT2D eigenvalue weighted by Gasteiger charge is 2.09. The maximum atomic E-state index is 8.78. The number of hydrogen-bond donors (Lipinski definition) is 1. The van der Waals surface area contributed by atoms with E-state index >= 15 is 0 Å². The molecule has 13 heavy (non-hydrogen) atoms. The van der Waals surface area contributed by atoms with Crippen molar-refractivity contribution in [3.63, 3.8) is 0 Å². The lowest BCUT2D eigenvalue weighted by molar-refractivity contribution is 0.263. The molecule has 1 rings (SSSR count). The summed E-state index contributed by atoms with van der Waals surface area (Å²) < 4.78 is 0. The molecule has 0 amide bonds. The monoisotopic (exact) mass is 184 g/mol. The van der Waals surface area contributed by atoms with Gasteiger partial charge in [0, 0.05) is 6.61 Å². The smallest absolute Gasteiger partial charge is 0.0431 e. The molecule has 0 bridgehead atoms. The molecule has 0 aromatic rings. The zero-order valence-corrected chi connectivity index (χ0v) is 8.80. The van der Waals surface area contributed by atoms with Crippen molar-refractivity contribution >= 4 is 0 Å². The first kappa shape index (κ1) is 11.0. The van der Waals surface area contributed by atoms with Crippen molar-refractivity contribution in [2.45, 2.75) is 64.2 Å². The van der Waals surface area contributed by atoms with Crippen LogP contribution in [0, 0.1) is 5.92 Å². The minimum Gasteiger partial charge on any atom is -0.396 e. The molecule has 0 heterocycles. The summed E-state index contributed by atoms with van der Waals surface area (Å²) in [6.07, 6.45) is 13.7. The average molecular weight is 184 g/mol. The maximum Gasteiger partial charge on any atom is 0.0431 e. The second-order valence-electron chi connectivity index (χ2n) is 4.43. The van der Waals surface area contributed by atoms with Crippen molar-refractivity contribution in [3.8, 4) is 0 Å². The zero-order valence-electron chi connectivity index (χ0n) is 8.80. The largest absolute Gasteiger partial charge is 0.396 e. The van der Waals surface area contributed by atoms with Crippen LogP contribution >= 0.6 is 0 Å². The Balaban J connectivity index is 2.16. The second-order valence-corrected chi connectivity index (χ2v) is 4.43. The van der Waals surface area contributed by atoms with Crippen molar-refractivity contribution in [1.82, 2.24) is 0 Å². The van der Waals surface area contributed by atoms with E-state index in [-0.39, 0.29) is 0 Å². The standard InChI is InChI=1S/C12H24O/c13-11-7-10-12-8-5-3-1-2-4-6-9-12/h12-13H,1-11H2. The molecule has 0 radical (unpaired) electrons. The maximum absolute atomic E-state index is 8.78. The molecule has 1 fully saturated rings. The predicted octanol–water partition coefficient (Wildman–Crippen LogP) is 3.51. The third-order valence-corrected chi connectivity index (χ3v) is 3.25. The van der Waals surface area contributed by atoms with Gasteiger partial charge >= 0.3 is 0 Å². The number of aliphatic hydroxyl groups is 1. The van der Waals surface area contributed by atoms with E-state index in [0.717, 1.165) is 12.3 Å². The predicted molar refractivity (Wildman–Crippen MR) is 56.7 cm³/mol. The van der Waals surface area contributed by atoms with Gasteiger partial charge in [0.05, 0.1) is 0 Å². The molecular weight excluding hydrogens is 160 g/mol. The molecule has 1 saturated carbocycles. The van der Waals surface area contributed by atoms with E-state index in [2.05, 4.69) is 0 Å². The van der Waals surface area contributed by atoms with Crippen molar-refractivity contribution in [3.05, 3.63) is 0 Å². The summed E-state index contributed by atoms with van der Waals surface area (Å²) >= 11 is 0. The minimum absolute atomic E-state index is 0.385. The van der Waals surface area contributed by atoms with Crippen LogP contribution in [-0.4, -0.2) is 11.7 Å². The van der Waals surface area contributed by atoms with Crippen LogP contribution in [0.3, 0.4) is 0 Å². The first-order chi connectivity index (χ1) is 6.43. The fraction of sp³-hybridized carbons (Fsp3) is 1.00. The molecule has 1 N–H and O–H groups in total. The van der Waals surface area contributed by atoms with Gasteiger partial charge in [0.1, 0.15) is 0 Å². The Labute approximate surface area is 82.5 Å². The number of hydrogen-bond acceptors (Lipinski definition) is 1. The Morgan fingerprint density at radius 2 is 1.38 bits per heavy atom. The van der Waals surface area contributed by atoms with Gasteiger partial charge in [-0.1, -0.05) is 51.4 Å². The Morgan fingerprint density at radius 1 is 0.846 bits per heavy atom. The molecule has 0 atom stereocenters. The number of rotatable bonds is 3. The van der Waals surface area contributed by atoms with E-state index in [1.54, 1.807) is 0 Å². The summed E-state index contributed by atoms with van der Waals surface area (Å²) in [4.78, 5) is 0. The Hall–Kier alpha value is -0.0400. The van der Waals surface area contributed by atoms with Gasteiger partial charge in [-0.2, -0.15) is 0 Å². The Bertz CT molecular complexity index is 102. The molecule has 1 aliphatic carbocycles. The first-order valence-corrected chi connectivity index (χ1v) is 6.04. The van der Waals surface area contributed by atoms with Gasteiger partial charge in [0.15, 0.2) is 0 Å². The van der Waals surface area contributed by atoms with Gasteiger partial charge in [-0.25, -0.2) is 0 Å². The highest BCUT2D eigenvalue weighted by Crippen LogP contribution is 2.24. The first-order valence-electron chi connectivity index (χ1n) is 6.04. The summed E-state index contributed by atoms with van der Waals surface area (Å²) in [5.41, 5.74) is 0. The number of aliphatic hydroxyl groups excluding tert-OH is 1. The normalized spacial score (nSPS) is 21.9. The Kier molecular flexibility index (Phi) is 6.26. The molecule has 78 valence electrons. The van der Waals surface area contributed by atoms with Crippen LogP contribution in [0.1, 0.15) is 64.2 Å². The van der Waals surface area contributed by atoms with E-state index < -0.39 is 0 Å². The topological polar surface area (TPSA) is 20.2 Å². The molecule has 0 aromatic carbocycles. The third kappa shape index (κ3) is 5.30. The summed E-state index contributed by atoms with van der Waals surface area (Å²) in [6, 6.07) is 0. The molecule has 0 aliphatic heterocycles. The molecule has 1 heteroatoms. The van der Waals surface area contributed by atoms with Gasteiger partial charge in [0.25, 0.3) is 0 Å². The fourth-order valence-electron chi connectivity index (χ4n) is 2.39. The van der Waals surface area contributed by atoms with E-state index in [1.165, 1.54) is 57.8 Å². The van der Waals surface area contributed by atoms with Gasteiger partial charge in [-0.05, 0) is 18.8 Å². The van der Waals surface area contributed by atoms with Gasteiger partial charge in [-0.3, -0.25) is 0 Å². The summed E-state index contributed by atoms with van der Waals surface area (Å²) in [6.45, 7) is 0.385. The second kappa shape index (κ2) is 7.37. The molecule has 0 saturated heterocycles. The van der Waals surface area contributed by atoms with Crippen molar-refractivity contribution in [2.24, 2.45) is 5.92 Å². The van der Waals surface area contributed by atoms with Crippen LogP contribution in [0.4, 0.5) is 0 Å². The lowest BCUT2D eigenvalue weighted by Crippen LogP contribution is -2.01. The summed E-state index contributed by atoms with van der Waals surface area (Å²) in [5.74, 6) is 0.922. The van der Waals surface area contributed by atoms with Gasteiger partial charge in [-0.15, -0.1) is 0 Å². The van der Waals surface area contributed by atoms with Crippen LogP contribution in [0.15, 0.2) is 0 Å². The van der Waals surface area contributed by atoms with Crippen LogP contribution < -0.4 is 0 Å². The van der Waals surface area contributed by atoms with E-state index in [4.69, 9.17) is 5.11 Å². The van der Waals surface area contributed by atoms with Crippen LogP contribution in [0.5, 0.6) is 0 Å². The van der Waals surface area contributed by atoms with E-state index in [9.17, 15) is 0 Å². The molecule has 0 unspecified atom stereocenters. The van der Waals surface area contributed by atoms with Gasteiger partial charge in [0.2, 0.25) is 0 Å². The van der Waals surface area contributed by atoms with Crippen molar-refractivity contribution < 1.29 is 5.11 Å².